The van der Waals surface area contributed by atoms with Gasteiger partial charge in [0.05, 0.1) is 0 Å². The van der Waals surface area contributed by atoms with Crippen LogP contribution in [0.4, 0.5) is 0 Å². The standard InChI is InChI=1S/C13H14N2O4/c1-8(13(18)19)14-11(16)7-15-6-9-4-2-3-5-10(9)12(15)17/h2-5,8H,6-7H2,1H3,(H,14,16)(H,18,19). The lowest BCUT2D eigenvalue weighted by Gasteiger charge is -2.16. The number of amides is 2. The average molecular weight is 262 g/mol. The van der Waals surface area contributed by atoms with Gasteiger partial charge in [0, 0.05) is 12.1 Å². The molecule has 1 aliphatic heterocycles. The van der Waals surface area contributed by atoms with Crippen molar-refractivity contribution < 1.29 is 19.5 Å². The van der Waals surface area contributed by atoms with Crippen LogP contribution >= 0.6 is 0 Å². The van der Waals surface area contributed by atoms with E-state index in [1.54, 1.807) is 12.1 Å². The molecule has 2 N–H and O–H groups in total. The van der Waals surface area contributed by atoms with Crippen molar-refractivity contribution in [1.82, 2.24) is 10.2 Å². The fraction of sp³-hybridized carbons (Fsp3) is 0.308. The van der Waals surface area contributed by atoms with Gasteiger partial charge in [-0.15, -0.1) is 0 Å². The van der Waals surface area contributed by atoms with E-state index < -0.39 is 17.9 Å². The first-order valence-corrected chi connectivity index (χ1v) is 5.88. The van der Waals surface area contributed by atoms with E-state index in [1.807, 2.05) is 12.1 Å². The van der Waals surface area contributed by atoms with Gasteiger partial charge in [-0.1, -0.05) is 18.2 Å². The van der Waals surface area contributed by atoms with E-state index in [9.17, 15) is 14.4 Å². The molecule has 6 nitrogen and oxygen atoms in total. The smallest absolute Gasteiger partial charge is 0.325 e. The van der Waals surface area contributed by atoms with Gasteiger partial charge in [0.1, 0.15) is 12.6 Å². The number of carboxylic acid groups (broad SMARTS) is 1. The van der Waals surface area contributed by atoms with E-state index in [0.717, 1.165) is 5.56 Å². The van der Waals surface area contributed by atoms with Crippen LogP contribution in [0.25, 0.3) is 0 Å². The van der Waals surface area contributed by atoms with E-state index in [2.05, 4.69) is 5.32 Å². The van der Waals surface area contributed by atoms with Crippen LogP contribution in [0.5, 0.6) is 0 Å². The third-order valence-corrected chi connectivity index (χ3v) is 2.98. The monoisotopic (exact) mass is 262 g/mol. The number of aliphatic carboxylic acids is 1. The summed E-state index contributed by atoms with van der Waals surface area (Å²) < 4.78 is 0. The Kier molecular flexibility index (Phi) is 3.50. The van der Waals surface area contributed by atoms with Gasteiger partial charge in [-0.3, -0.25) is 14.4 Å². The highest BCUT2D eigenvalue weighted by atomic mass is 16.4. The first-order valence-electron chi connectivity index (χ1n) is 5.88. The molecule has 1 aromatic rings. The van der Waals surface area contributed by atoms with Gasteiger partial charge in [0.25, 0.3) is 5.91 Å². The van der Waals surface area contributed by atoms with Crippen LogP contribution in [0, 0.1) is 0 Å². The number of rotatable bonds is 4. The zero-order chi connectivity index (χ0) is 14.0. The molecule has 6 heteroatoms. The Labute approximate surface area is 110 Å². The summed E-state index contributed by atoms with van der Waals surface area (Å²) in [6.45, 7) is 1.62. The molecule has 1 atom stereocenters. The Hall–Kier alpha value is -2.37. The summed E-state index contributed by atoms with van der Waals surface area (Å²) in [7, 11) is 0. The molecule has 0 fully saturated rings. The van der Waals surface area contributed by atoms with Crippen LogP contribution in [0.2, 0.25) is 0 Å². The number of nitrogens with zero attached hydrogens (tertiary/aromatic N) is 1. The minimum atomic E-state index is -1.11. The SMILES string of the molecule is CC(NC(=O)CN1Cc2ccccc2C1=O)C(=O)O. The van der Waals surface area contributed by atoms with Crippen LogP contribution in [0.1, 0.15) is 22.8 Å². The molecule has 19 heavy (non-hydrogen) atoms. The number of hydrogen-bond donors (Lipinski definition) is 2. The largest absolute Gasteiger partial charge is 0.480 e. The van der Waals surface area contributed by atoms with Crippen molar-refractivity contribution in [1.29, 1.82) is 0 Å². The highest BCUT2D eigenvalue weighted by Gasteiger charge is 2.28. The van der Waals surface area contributed by atoms with E-state index in [1.165, 1.54) is 11.8 Å². The molecule has 1 heterocycles. The summed E-state index contributed by atoms with van der Waals surface area (Å²) in [6, 6.07) is 6.20. The molecule has 0 saturated carbocycles. The van der Waals surface area contributed by atoms with Gasteiger partial charge in [-0.05, 0) is 18.6 Å². The van der Waals surface area contributed by atoms with E-state index >= 15 is 0 Å². The molecule has 0 radical (unpaired) electrons. The number of nitrogens with one attached hydrogen (secondary N) is 1. The van der Waals surface area contributed by atoms with Gasteiger partial charge in [0.2, 0.25) is 5.91 Å². The van der Waals surface area contributed by atoms with Gasteiger partial charge in [-0.25, -0.2) is 0 Å². The van der Waals surface area contributed by atoms with Gasteiger partial charge in [0.15, 0.2) is 0 Å². The van der Waals surface area contributed by atoms with Gasteiger partial charge in [-0.2, -0.15) is 0 Å². The molecule has 0 aliphatic carbocycles. The topological polar surface area (TPSA) is 86.7 Å². The molecule has 1 unspecified atom stereocenters. The van der Waals surface area contributed by atoms with Crippen molar-refractivity contribution in [2.45, 2.75) is 19.5 Å². The molecular weight excluding hydrogens is 248 g/mol. The quantitative estimate of drug-likeness (QED) is 0.813. The number of carbonyl (C=O) groups excluding carboxylic acids is 2. The third kappa shape index (κ3) is 2.73. The lowest BCUT2D eigenvalue weighted by atomic mass is 10.1. The summed E-state index contributed by atoms with van der Waals surface area (Å²) in [4.78, 5) is 35.6. The maximum Gasteiger partial charge on any atom is 0.325 e. The third-order valence-electron chi connectivity index (χ3n) is 2.98. The van der Waals surface area contributed by atoms with Crippen LogP contribution in [-0.4, -0.2) is 40.4 Å². The Morgan fingerprint density at radius 1 is 1.42 bits per heavy atom. The Morgan fingerprint density at radius 2 is 2.11 bits per heavy atom. The summed E-state index contributed by atoms with van der Waals surface area (Å²) >= 11 is 0. The molecule has 2 amide bonds. The second kappa shape index (κ2) is 5.09. The zero-order valence-corrected chi connectivity index (χ0v) is 10.4. The van der Waals surface area contributed by atoms with Crippen molar-refractivity contribution in [2.24, 2.45) is 0 Å². The van der Waals surface area contributed by atoms with Crippen LogP contribution < -0.4 is 5.32 Å². The lowest BCUT2D eigenvalue weighted by molar-refractivity contribution is -0.141. The molecule has 0 spiro atoms. The number of fused-ring (bicyclic) bond motifs is 1. The average Bonchev–Trinajstić information content (AvgIpc) is 2.66. The number of carboxylic acids is 1. The molecule has 1 aliphatic rings. The normalized spacial score (nSPS) is 15.0. The van der Waals surface area contributed by atoms with E-state index in [4.69, 9.17) is 5.11 Å². The van der Waals surface area contributed by atoms with Crippen LogP contribution in [-0.2, 0) is 16.1 Å². The minimum absolute atomic E-state index is 0.134. The van der Waals surface area contributed by atoms with Crippen molar-refractivity contribution in [2.75, 3.05) is 6.54 Å². The van der Waals surface area contributed by atoms with Crippen LogP contribution in [0.15, 0.2) is 24.3 Å². The second-order valence-electron chi connectivity index (χ2n) is 4.45. The van der Waals surface area contributed by atoms with Gasteiger partial charge < -0.3 is 15.3 Å². The van der Waals surface area contributed by atoms with Gasteiger partial charge >= 0.3 is 5.97 Å². The Bertz CT molecular complexity index is 541. The van der Waals surface area contributed by atoms with Crippen molar-refractivity contribution >= 4 is 17.8 Å². The first-order chi connectivity index (χ1) is 8.99. The number of carbonyl (C=O) groups is 3. The molecule has 0 aromatic heterocycles. The summed E-state index contributed by atoms with van der Waals surface area (Å²) in [6.07, 6.45) is 0. The minimum Gasteiger partial charge on any atom is -0.480 e. The van der Waals surface area contributed by atoms with Crippen molar-refractivity contribution in [3.63, 3.8) is 0 Å². The lowest BCUT2D eigenvalue weighted by Crippen LogP contribution is -2.44. The summed E-state index contributed by atoms with van der Waals surface area (Å²) in [5, 5.41) is 11.0. The van der Waals surface area contributed by atoms with Crippen molar-refractivity contribution in [3.8, 4) is 0 Å². The molecule has 0 saturated heterocycles. The predicted octanol–water partition coefficient (Wildman–Crippen LogP) is 0.232. The maximum atomic E-state index is 12.0. The van der Waals surface area contributed by atoms with Crippen LogP contribution in [0.3, 0.4) is 0 Å². The second-order valence-corrected chi connectivity index (χ2v) is 4.45. The molecule has 2 rings (SSSR count). The molecule has 1 aromatic carbocycles. The van der Waals surface area contributed by atoms with Crippen molar-refractivity contribution in [3.05, 3.63) is 35.4 Å². The predicted molar refractivity (Wildman–Crippen MR) is 66.4 cm³/mol. The number of benzene rings is 1. The van der Waals surface area contributed by atoms with E-state index in [0.29, 0.717) is 12.1 Å². The molecule has 0 bridgehead atoms. The molecular formula is C13H14N2O4. The highest BCUT2D eigenvalue weighted by molar-refractivity contribution is 6.00. The summed E-state index contributed by atoms with van der Waals surface area (Å²) in [5.41, 5.74) is 1.48. The Balaban J connectivity index is 1.98. The van der Waals surface area contributed by atoms with E-state index in [-0.39, 0.29) is 12.5 Å². The fourth-order valence-corrected chi connectivity index (χ4v) is 1.96. The first kappa shape index (κ1) is 13.1. The molecule has 100 valence electrons. The highest BCUT2D eigenvalue weighted by Crippen LogP contribution is 2.21. The zero-order valence-electron chi connectivity index (χ0n) is 10.4. The number of hydrogen-bond acceptors (Lipinski definition) is 3. The Morgan fingerprint density at radius 3 is 2.74 bits per heavy atom. The summed E-state index contributed by atoms with van der Waals surface area (Å²) in [5.74, 6) is -1.78. The maximum absolute atomic E-state index is 12.0. The fourth-order valence-electron chi connectivity index (χ4n) is 1.96.